The van der Waals surface area contributed by atoms with Crippen LogP contribution in [-0.4, -0.2) is 24.4 Å². The molecule has 3 rings (SSSR count). The van der Waals surface area contributed by atoms with Crippen molar-refractivity contribution in [2.24, 2.45) is 0 Å². The van der Waals surface area contributed by atoms with Gasteiger partial charge in [-0.15, -0.1) is 0 Å². The molecule has 34 heavy (non-hydrogen) atoms. The molecule has 0 heterocycles. The van der Waals surface area contributed by atoms with Crippen molar-refractivity contribution in [3.8, 4) is 16.9 Å². The van der Waals surface area contributed by atoms with Gasteiger partial charge < -0.3 is 14.6 Å². The van der Waals surface area contributed by atoms with Gasteiger partial charge in [-0.25, -0.2) is 13.2 Å². The van der Waals surface area contributed by atoms with Crippen molar-refractivity contribution in [3.63, 3.8) is 0 Å². The normalized spacial score (nSPS) is 18.9. The molecule has 2 aromatic carbocycles. The topological polar surface area (TPSA) is 38.7 Å². The molecule has 0 amide bonds. The van der Waals surface area contributed by atoms with Gasteiger partial charge in [0.25, 0.3) is 0 Å². The van der Waals surface area contributed by atoms with Gasteiger partial charge in [0.15, 0.2) is 29.0 Å². The summed E-state index contributed by atoms with van der Waals surface area (Å²) in [6, 6.07) is 9.04. The van der Waals surface area contributed by atoms with Crippen LogP contribution in [0.5, 0.6) is 5.75 Å². The van der Waals surface area contributed by atoms with Gasteiger partial charge in [0.2, 0.25) is 0 Å². The van der Waals surface area contributed by atoms with Crippen LogP contribution < -0.4 is 0 Å². The van der Waals surface area contributed by atoms with E-state index in [9.17, 15) is 22.7 Å². The summed E-state index contributed by atoms with van der Waals surface area (Å²) in [6.45, 7) is 8.45. The van der Waals surface area contributed by atoms with Crippen molar-refractivity contribution in [1.29, 1.82) is 0 Å². The van der Waals surface area contributed by atoms with Crippen LogP contribution in [0.15, 0.2) is 72.5 Å². The van der Waals surface area contributed by atoms with Crippen molar-refractivity contribution in [2.75, 3.05) is 13.2 Å². The minimum Gasteiger partial charge on any atom is -0.508 e. The number of hydrogen-bond donors (Lipinski definition) is 1. The Kier molecular flexibility index (Phi) is 8.56. The maximum atomic E-state index is 14.9. The first-order chi connectivity index (χ1) is 16.2. The Labute approximate surface area is 197 Å². The lowest BCUT2D eigenvalue weighted by atomic mass is 9.82. The molecule has 0 aliphatic heterocycles. The van der Waals surface area contributed by atoms with Gasteiger partial charge >= 0.3 is 0 Å². The van der Waals surface area contributed by atoms with Gasteiger partial charge in [-0.05, 0) is 61.8 Å². The minimum atomic E-state index is -1.20. The van der Waals surface area contributed by atoms with Crippen molar-refractivity contribution in [2.45, 2.75) is 44.6 Å². The average Bonchev–Trinajstić information content (AvgIpc) is 2.84. The van der Waals surface area contributed by atoms with Crippen LogP contribution in [-0.2, 0) is 9.47 Å². The van der Waals surface area contributed by atoms with Crippen LogP contribution in [0.3, 0.4) is 0 Å². The number of allylic oxidation sites excluding steroid dienone is 1. The predicted octanol–water partition coefficient (Wildman–Crippen LogP) is 7.64. The van der Waals surface area contributed by atoms with Crippen LogP contribution in [0.25, 0.3) is 11.1 Å². The maximum Gasteiger partial charge on any atom is 0.200 e. The molecule has 1 saturated carbocycles. The zero-order chi connectivity index (χ0) is 24.8. The van der Waals surface area contributed by atoms with Gasteiger partial charge in [0, 0.05) is 11.1 Å². The Morgan fingerprint density at radius 2 is 1.59 bits per heavy atom. The molecule has 1 aliphatic carbocycles. The van der Waals surface area contributed by atoms with Crippen molar-refractivity contribution >= 4 is 0 Å². The maximum absolute atomic E-state index is 14.9. The second kappa shape index (κ2) is 11.4. The lowest BCUT2D eigenvalue weighted by Gasteiger charge is -2.29. The molecule has 0 radical (unpaired) electrons. The van der Waals surface area contributed by atoms with Crippen LogP contribution in [0.4, 0.5) is 17.6 Å². The van der Waals surface area contributed by atoms with Gasteiger partial charge in [0.05, 0.1) is 19.3 Å². The molecule has 0 unspecified atom stereocenters. The number of hydrogen-bond acceptors (Lipinski definition) is 3. The summed E-state index contributed by atoms with van der Waals surface area (Å²) in [5.41, 5.74) is 0.763. The summed E-state index contributed by atoms with van der Waals surface area (Å²) in [5, 5.41) is 9.40. The summed E-state index contributed by atoms with van der Waals surface area (Å²) in [7, 11) is 0. The van der Waals surface area contributed by atoms with Gasteiger partial charge in [-0.3, -0.25) is 0 Å². The average molecular weight is 477 g/mol. The van der Waals surface area contributed by atoms with E-state index in [-0.39, 0.29) is 42.1 Å². The number of benzene rings is 2. The molecule has 1 aliphatic rings. The zero-order valence-corrected chi connectivity index (χ0v) is 19.1. The van der Waals surface area contributed by atoms with E-state index in [0.29, 0.717) is 36.8 Å². The third kappa shape index (κ3) is 5.89. The number of phenols is 1. The third-order valence-electron chi connectivity index (χ3n) is 5.96. The predicted molar refractivity (Wildman–Crippen MR) is 124 cm³/mol. The lowest BCUT2D eigenvalue weighted by molar-refractivity contribution is 0.0380. The first-order valence-electron chi connectivity index (χ1n) is 11.2. The fourth-order valence-electron chi connectivity index (χ4n) is 4.08. The van der Waals surface area contributed by atoms with E-state index < -0.39 is 29.0 Å². The van der Waals surface area contributed by atoms with E-state index >= 15 is 0 Å². The Balaban J connectivity index is 1.58. The molecule has 0 atom stereocenters. The molecular formula is C27H28F4O3. The molecule has 7 heteroatoms. The van der Waals surface area contributed by atoms with E-state index in [0.717, 1.165) is 0 Å². The van der Waals surface area contributed by atoms with Gasteiger partial charge in [-0.1, -0.05) is 37.4 Å². The molecule has 2 aromatic rings. The number of aromatic hydroxyl groups is 1. The quantitative estimate of drug-likeness (QED) is 0.230. The van der Waals surface area contributed by atoms with Crippen molar-refractivity contribution in [1.82, 2.24) is 0 Å². The summed E-state index contributed by atoms with van der Waals surface area (Å²) in [5.74, 6) is -4.67. The monoisotopic (exact) mass is 476 g/mol. The number of ether oxygens (including phenoxy) is 2. The summed E-state index contributed by atoms with van der Waals surface area (Å²) >= 11 is 0. The standard InChI is InChI=1S/C27H28F4O3/c1-4-33-17(3)25(29)24(28)16(2)15-34-21-11-7-19(8-12-21)23-14-13-22(26(30)27(23)31)18-5-9-20(32)10-6-18/h5-6,9-10,13-14,19,21,32H,2-4,7-8,11-12,15H2,1H3/b25-24-. The van der Waals surface area contributed by atoms with E-state index in [1.165, 1.54) is 24.3 Å². The second-order valence-corrected chi connectivity index (χ2v) is 8.25. The zero-order valence-electron chi connectivity index (χ0n) is 19.1. The molecule has 0 saturated heterocycles. The Hall–Kier alpha value is -3.06. The summed E-state index contributed by atoms with van der Waals surface area (Å²) in [4.78, 5) is 0. The highest BCUT2D eigenvalue weighted by Gasteiger charge is 2.27. The highest BCUT2D eigenvalue weighted by molar-refractivity contribution is 5.65. The first kappa shape index (κ1) is 25.6. The fraction of sp³-hybridized carbons (Fsp3) is 0.333. The molecule has 1 fully saturated rings. The number of halogens is 4. The summed E-state index contributed by atoms with van der Waals surface area (Å²) < 4.78 is 68.3. The Bertz CT molecular complexity index is 1070. The molecule has 0 bridgehead atoms. The first-order valence-corrected chi connectivity index (χ1v) is 11.2. The van der Waals surface area contributed by atoms with Crippen LogP contribution >= 0.6 is 0 Å². The molecule has 182 valence electrons. The highest BCUT2D eigenvalue weighted by atomic mass is 19.2. The fourth-order valence-corrected chi connectivity index (χ4v) is 4.08. The lowest BCUT2D eigenvalue weighted by Crippen LogP contribution is -2.22. The van der Waals surface area contributed by atoms with Crippen molar-refractivity contribution in [3.05, 3.63) is 89.7 Å². The smallest absolute Gasteiger partial charge is 0.200 e. The van der Waals surface area contributed by atoms with E-state index in [1.54, 1.807) is 19.1 Å². The summed E-state index contributed by atoms with van der Waals surface area (Å²) in [6.07, 6.45) is 2.05. The highest BCUT2D eigenvalue weighted by Crippen LogP contribution is 2.38. The largest absolute Gasteiger partial charge is 0.508 e. The van der Waals surface area contributed by atoms with Gasteiger partial charge in [0.1, 0.15) is 5.75 Å². The number of phenolic OH excluding ortho intramolecular Hbond substituents is 1. The van der Waals surface area contributed by atoms with E-state index in [4.69, 9.17) is 9.47 Å². The Morgan fingerprint density at radius 1 is 0.941 bits per heavy atom. The van der Waals surface area contributed by atoms with Crippen molar-refractivity contribution < 1.29 is 32.1 Å². The Morgan fingerprint density at radius 3 is 2.21 bits per heavy atom. The SMILES string of the molecule is C=C(COC1CCC(c2ccc(-c3ccc(O)cc3)c(F)c2F)CC1)/C(F)=C(/F)C(=C)OCC. The van der Waals surface area contributed by atoms with E-state index in [2.05, 4.69) is 13.2 Å². The molecule has 1 N–H and O–H groups in total. The third-order valence-corrected chi connectivity index (χ3v) is 5.96. The minimum absolute atomic E-state index is 0.0451. The van der Waals surface area contributed by atoms with Crippen LogP contribution in [0.2, 0.25) is 0 Å². The second-order valence-electron chi connectivity index (χ2n) is 8.25. The van der Waals surface area contributed by atoms with E-state index in [1.807, 2.05) is 0 Å². The van der Waals surface area contributed by atoms with Crippen LogP contribution in [0.1, 0.15) is 44.1 Å². The van der Waals surface area contributed by atoms with Gasteiger partial charge in [-0.2, -0.15) is 4.39 Å². The molecule has 0 aromatic heterocycles. The number of rotatable bonds is 9. The molecule has 3 nitrogen and oxygen atoms in total. The molecule has 0 spiro atoms. The molecular weight excluding hydrogens is 448 g/mol. The van der Waals surface area contributed by atoms with Crippen LogP contribution in [0, 0.1) is 11.6 Å².